The number of amides is 1. The Morgan fingerprint density at radius 3 is 2.60 bits per heavy atom. The van der Waals surface area contributed by atoms with Crippen molar-refractivity contribution in [2.24, 2.45) is 0 Å². The van der Waals surface area contributed by atoms with Crippen molar-refractivity contribution in [3.05, 3.63) is 57.8 Å². The second-order valence-corrected chi connectivity index (χ2v) is 7.94. The van der Waals surface area contributed by atoms with Crippen molar-refractivity contribution < 1.29 is 4.79 Å². The second-order valence-electron chi connectivity index (χ2n) is 6.96. The van der Waals surface area contributed by atoms with Crippen LogP contribution in [0, 0.1) is 0 Å². The van der Waals surface area contributed by atoms with Gasteiger partial charge in [0.05, 0.1) is 12.1 Å². The minimum Gasteiger partial charge on any atom is -0.352 e. The van der Waals surface area contributed by atoms with Crippen LogP contribution in [0.1, 0.15) is 61.6 Å². The van der Waals surface area contributed by atoms with Crippen LogP contribution in [-0.4, -0.2) is 18.0 Å². The number of benzene rings is 1. The maximum Gasteiger partial charge on any atom is 0.237 e. The lowest BCUT2D eigenvalue weighted by atomic mass is 10.0. The van der Waals surface area contributed by atoms with Gasteiger partial charge in [-0.3, -0.25) is 10.1 Å². The molecule has 0 saturated heterocycles. The summed E-state index contributed by atoms with van der Waals surface area (Å²) >= 11 is 1.73. The first-order valence-electron chi connectivity index (χ1n) is 9.36. The highest BCUT2D eigenvalue weighted by atomic mass is 32.1. The Bertz CT molecular complexity index is 662. The molecule has 0 unspecified atom stereocenters. The first-order valence-corrected chi connectivity index (χ1v) is 10.2. The molecule has 2 N–H and O–H groups in total. The first kappa shape index (κ1) is 18.2. The van der Waals surface area contributed by atoms with Crippen molar-refractivity contribution in [1.29, 1.82) is 0 Å². The molecule has 0 aliphatic heterocycles. The number of hydrogen-bond acceptors (Lipinski definition) is 3. The average molecular weight is 357 g/mol. The van der Waals surface area contributed by atoms with Crippen LogP contribution in [0.4, 0.5) is 0 Å². The molecular formula is C21H28N2OS. The summed E-state index contributed by atoms with van der Waals surface area (Å²) in [6, 6.07) is 13.3. The van der Waals surface area contributed by atoms with Gasteiger partial charge >= 0.3 is 0 Å². The standard InChI is InChI=1S/C21H28N2OS/c1-3-4-6-16-8-10-17(11-9-16)20(19-7-5-14-25-19)22-15(2)21(24)23-18-12-13-18/h5,7-11,14-15,18,20,22H,3-4,6,12-13H2,1-2H3,(H,23,24)/t15-,20-/m0/s1. The fraction of sp³-hybridized carbons (Fsp3) is 0.476. The Kier molecular flexibility index (Phi) is 6.27. The number of nitrogens with one attached hydrogen (secondary N) is 2. The highest BCUT2D eigenvalue weighted by molar-refractivity contribution is 7.10. The molecule has 134 valence electrons. The average Bonchev–Trinajstić information content (AvgIpc) is 3.27. The van der Waals surface area contributed by atoms with E-state index in [0.29, 0.717) is 6.04 Å². The van der Waals surface area contributed by atoms with Crippen LogP contribution in [0.25, 0.3) is 0 Å². The summed E-state index contributed by atoms with van der Waals surface area (Å²) in [6.45, 7) is 4.17. The second kappa shape index (κ2) is 8.63. The molecule has 3 nitrogen and oxygen atoms in total. The Hall–Kier alpha value is -1.65. The summed E-state index contributed by atoms with van der Waals surface area (Å²) in [5, 5.41) is 8.71. The summed E-state index contributed by atoms with van der Waals surface area (Å²) in [6.07, 6.45) is 5.81. The molecule has 2 atom stereocenters. The van der Waals surface area contributed by atoms with Gasteiger partial charge in [0.15, 0.2) is 0 Å². The van der Waals surface area contributed by atoms with E-state index in [1.54, 1.807) is 11.3 Å². The Morgan fingerprint density at radius 1 is 1.24 bits per heavy atom. The zero-order chi connectivity index (χ0) is 17.6. The van der Waals surface area contributed by atoms with E-state index in [9.17, 15) is 4.79 Å². The molecule has 1 saturated carbocycles. The van der Waals surface area contributed by atoms with Crippen LogP contribution in [0.2, 0.25) is 0 Å². The van der Waals surface area contributed by atoms with Gasteiger partial charge in [-0.1, -0.05) is 43.7 Å². The molecule has 0 bridgehead atoms. The molecular weight excluding hydrogens is 328 g/mol. The number of carbonyl (C=O) groups excluding carboxylic acids is 1. The van der Waals surface area contributed by atoms with Crippen molar-refractivity contribution in [2.75, 3.05) is 0 Å². The van der Waals surface area contributed by atoms with Crippen LogP contribution < -0.4 is 10.6 Å². The molecule has 25 heavy (non-hydrogen) atoms. The first-order chi connectivity index (χ1) is 12.2. The highest BCUT2D eigenvalue weighted by Gasteiger charge is 2.27. The summed E-state index contributed by atoms with van der Waals surface area (Å²) < 4.78 is 0. The number of hydrogen-bond donors (Lipinski definition) is 2. The van der Waals surface area contributed by atoms with Gasteiger partial charge in [0.1, 0.15) is 0 Å². The highest BCUT2D eigenvalue weighted by Crippen LogP contribution is 2.27. The van der Waals surface area contributed by atoms with E-state index in [1.165, 1.54) is 28.8 Å². The molecule has 1 aliphatic rings. The Morgan fingerprint density at radius 2 is 2.00 bits per heavy atom. The topological polar surface area (TPSA) is 41.1 Å². The predicted octanol–water partition coefficient (Wildman–Crippen LogP) is 4.44. The van der Waals surface area contributed by atoms with E-state index in [1.807, 2.05) is 6.92 Å². The fourth-order valence-electron chi connectivity index (χ4n) is 2.94. The van der Waals surface area contributed by atoms with Crippen molar-refractivity contribution in [1.82, 2.24) is 10.6 Å². The SMILES string of the molecule is CCCCc1ccc([C@H](N[C@@H](C)C(=O)NC2CC2)c2cccs2)cc1. The molecule has 1 amide bonds. The van der Waals surface area contributed by atoms with Gasteiger partial charge in [-0.15, -0.1) is 11.3 Å². The molecule has 1 aromatic heterocycles. The molecule has 0 radical (unpaired) electrons. The monoisotopic (exact) mass is 356 g/mol. The Labute approximate surface area is 154 Å². The van der Waals surface area contributed by atoms with Gasteiger partial charge in [-0.05, 0) is 55.2 Å². The van der Waals surface area contributed by atoms with E-state index < -0.39 is 0 Å². The molecule has 1 heterocycles. The van der Waals surface area contributed by atoms with Gasteiger partial charge < -0.3 is 5.32 Å². The zero-order valence-corrected chi connectivity index (χ0v) is 15.9. The molecule has 4 heteroatoms. The van der Waals surface area contributed by atoms with Crippen LogP contribution in [0.5, 0.6) is 0 Å². The van der Waals surface area contributed by atoms with Crippen molar-refractivity contribution in [2.45, 2.75) is 64.1 Å². The minimum atomic E-state index is -0.215. The smallest absolute Gasteiger partial charge is 0.237 e. The van der Waals surface area contributed by atoms with Crippen molar-refractivity contribution in [3.8, 4) is 0 Å². The maximum absolute atomic E-state index is 12.3. The molecule has 0 spiro atoms. The lowest BCUT2D eigenvalue weighted by Crippen LogP contribution is -2.44. The lowest BCUT2D eigenvalue weighted by molar-refractivity contribution is -0.123. The summed E-state index contributed by atoms with van der Waals surface area (Å²) in [5.74, 6) is 0.101. The van der Waals surface area contributed by atoms with Crippen LogP contribution in [0.15, 0.2) is 41.8 Å². The van der Waals surface area contributed by atoms with Gasteiger partial charge in [-0.2, -0.15) is 0 Å². The lowest BCUT2D eigenvalue weighted by Gasteiger charge is -2.23. The minimum absolute atomic E-state index is 0.0557. The van der Waals surface area contributed by atoms with E-state index in [-0.39, 0.29) is 18.0 Å². The molecule has 1 aliphatic carbocycles. The third kappa shape index (κ3) is 5.16. The van der Waals surface area contributed by atoms with E-state index in [2.05, 4.69) is 59.3 Å². The van der Waals surface area contributed by atoms with Crippen LogP contribution >= 0.6 is 11.3 Å². The summed E-state index contributed by atoms with van der Waals surface area (Å²) in [7, 11) is 0. The third-order valence-electron chi connectivity index (χ3n) is 4.69. The molecule has 3 rings (SSSR count). The van der Waals surface area contributed by atoms with Gasteiger partial charge in [0, 0.05) is 10.9 Å². The molecule has 1 fully saturated rings. The Balaban J connectivity index is 1.72. The van der Waals surface area contributed by atoms with Crippen molar-refractivity contribution in [3.63, 3.8) is 0 Å². The normalized spacial score (nSPS) is 16.4. The van der Waals surface area contributed by atoms with E-state index in [4.69, 9.17) is 0 Å². The van der Waals surface area contributed by atoms with Gasteiger partial charge in [0.25, 0.3) is 0 Å². The van der Waals surface area contributed by atoms with Gasteiger partial charge in [-0.25, -0.2) is 0 Å². The largest absolute Gasteiger partial charge is 0.352 e. The summed E-state index contributed by atoms with van der Waals surface area (Å²) in [4.78, 5) is 13.6. The number of carbonyl (C=O) groups is 1. The number of unbranched alkanes of at least 4 members (excludes halogenated alkanes) is 1. The van der Waals surface area contributed by atoms with E-state index >= 15 is 0 Å². The fourth-order valence-corrected chi connectivity index (χ4v) is 3.75. The maximum atomic E-state index is 12.3. The van der Waals surface area contributed by atoms with Crippen LogP contribution in [-0.2, 0) is 11.2 Å². The zero-order valence-electron chi connectivity index (χ0n) is 15.1. The van der Waals surface area contributed by atoms with Gasteiger partial charge in [0.2, 0.25) is 5.91 Å². The predicted molar refractivity (Wildman–Crippen MR) is 105 cm³/mol. The van der Waals surface area contributed by atoms with Crippen LogP contribution in [0.3, 0.4) is 0 Å². The number of aryl methyl sites for hydroxylation is 1. The number of thiophene rings is 1. The van der Waals surface area contributed by atoms with Crippen molar-refractivity contribution >= 4 is 17.2 Å². The number of rotatable bonds is 9. The quantitative estimate of drug-likeness (QED) is 0.697. The molecule has 1 aromatic carbocycles. The third-order valence-corrected chi connectivity index (χ3v) is 5.63. The molecule has 2 aromatic rings. The summed E-state index contributed by atoms with van der Waals surface area (Å²) in [5.41, 5.74) is 2.60. The van der Waals surface area contributed by atoms with E-state index in [0.717, 1.165) is 19.3 Å².